The number of aliphatic carboxylic acids is 1. The Bertz CT molecular complexity index is 814. The summed E-state index contributed by atoms with van der Waals surface area (Å²) in [7, 11) is 3.46. The normalized spacial score (nSPS) is 21.7. The van der Waals surface area contributed by atoms with Crippen LogP contribution in [0.3, 0.4) is 0 Å². The molecule has 0 amide bonds. The summed E-state index contributed by atoms with van der Waals surface area (Å²) < 4.78 is 10.7. The predicted molar refractivity (Wildman–Crippen MR) is 108 cm³/mol. The highest BCUT2D eigenvalue weighted by atomic mass is 16.5. The molecule has 1 heterocycles. The fourth-order valence-corrected chi connectivity index (χ4v) is 4.73. The van der Waals surface area contributed by atoms with Crippen molar-refractivity contribution in [2.75, 3.05) is 19.5 Å². The summed E-state index contributed by atoms with van der Waals surface area (Å²) >= 11 is 0. The van der Waals surface area contributed by atoms with Gasteiger partial charge in [-0.15, -0.1) is 0 Å². The maximum atomic E-state index is 12.3. The van der Waals surface area contributed by atoms with E-state index in [1.807, 2.05) is 19.1 Å². The Morgan fingerprint density at radius 2 is 2.03 bits per heavy atom. The molecule has 1 aromatic rings. The van der Waals surface area contributed by atoms with Crippen LogP contribution >= 0.6 is 0 Å². The molecule has 6 heteroatoms. The minimum absolute atomic E-state index is 0.00750. The van der Waals surface area contributed by atoms with Crippen molar-refractivity contribution in [1.29, 1.82) is 0 Å². The molecule has 0 bridgehead atoms. The lowest BCUT2D eigenvalue weighted by atomic mass is 9.86. The van der Waals surface area contributed by atoms with Gasteiger partial charge in [0.15, 0.2) is 0 Å². The third kappa shape index (κ3) is 4.32. The standard InChI is InChI=1S/C23H31NO5/c1-14-18(12-28-3)17(21(24-2)20-19(14)13-29-23(20)27)11-7-9-15-8-5-4-6-10-16(15)22(25)26/h7,9,15-16,24H,4-6,8,10-13H2,1-3H3,(H,25,26)/p-1/b9-7+. The first-order valence-corrected chi connectivity index (χ1v) is 10.4. The summed E-state index contributed by atoms with van der Waals surface area (Å²) in [5, 5.41) is 14.8. The van der Waals surface area contributed by atoms with Gasteiger partial charge in [0.2, 0.25) is 0 Å². The average molecular weight is 400 g/mol. The number of carbonyl (C=O) groups excluding carboxylic acids is 2. The predicted octanol–water partition coefficient (Wildman–Crippen LogP) is 2.90. The van der Waals surface area contributed by atoms with Crippen LogP contribution in [-0.4, -0.2) is 26.1 Å². The Hall–Kier alpha value is -2.34. The average Bonchev–Trinajstić information content (AvgIpc) is 2.93. The van der Waals surface area contributed by atoms with E-state index < -0.39 is 11.9 Å². The number of cyclic esters (lactones) is 1. The molecule has 6 nitrogen and oxygen atoms in total. The molecule has 0 radical (unpaired) electrons. The molecule has 2 unspecified atom stereocenters. The molecule has 1 saturated carbocycles. The van der Waals surface area contributed by atoms with E-state index in [1.165, 1.54) is 0 Å². The largest absolute Gasteiger partial charge is 0.550 e. The topological polar surface area (TPSA) is 87.7 Å². The Morgan fingerprint density at radius 1 is 1.28 bits per heavy atom. The van der Waals surface area contributed by atoms with E-state index in [0.29, 0.717) is 25.0 Å². The quantitative estimate of drug-likeness (QED) is 0.430. The number of carbonyl (C=O) groups is 2. The molecule has 2 atom stereocenters. The van der Waals surface area contributed by atoms with Crippen LogP contribution in [-0.2, 0) is 33.9 Å². The molecule has 1 aliphatic heterocycles. The van der Waals surface area contributed by atoms with E-state index in [0.717, 1.165) is 53.6 Å². The van der Waals surface area contributed by atoms with Crippen molar-refractivity contribution in [2.24, 2.45) is 11.8 Å². The van der Waals surface area contributed by atoms with Crippen molar-refractivity contribution in [3.63, 3.8) is 0 Å². The van der Waals surface area contributed by atoms with Crippen LogP contribution in [0.15, 0.2) is 12.2 Å². The molecule has 1 aliphatic carbocycles. The molecular weight excluding hydrogens is 370 g/mol. The lowest BCUT2D eigenvalue weighted by Crippen LogP contribution is -2.35. The molecule has 0 saturated heterocycles. The zero-order chi connectivity index (χ0) is 21.0. The lowest BCUT2D eigenvalue weighted by Gasteiger charge is -2.23. The molecule has 2 aliphatic rings. The number of esters is 1. The first-order valence-electron chi connectivity index (χ1n) is 10.4. The Balaban J connectivity index is 1.94. The second kappa shape index (κ2) is 9.44. The summed E-state index contributed by atoms with van der Waals surface area (Å²) in [6.07, 6.45) is 9.26. The van der Waals surface area contributed by atoms with Crippen LogP contribution < -0.4 is 10.4 Å². The molecular formula is C23H30NO5-. The Kier molecular flexibility index (Phi) is 6.96. The highest BCUT2D eigenvalue weighted by Crippen LogP contribution is 2.37. The van der Waals surface area contributed by atoms with Crippen LogP contribution in [0.25, 0.3) is 0 Å². The van der Waals surface area contributed by atoms with Gasteiger partial charge < -0.3 is 24.7 Å². The number of carboxylic acid groups (broad SMARTS) is 1. The van der Waals surface area contributed by atoms with Gasteiger partial charge in [-0.3, -0.25) is 0 Å². The maximum Gasteiger partial charge on any atom is 0.341 e. The Labute approximate surface area is 172 Å². The molecule has 29 heavy (non-hydrogen) atoms. The second-order valence-corrected chi connectivity index (χ2v) is 7.93. The van der Waals surface area contributed by atoms with Crippen LogP contribution in [0.2, 0.25) is 0 Å². The summed E-state index contributed by atoms with van der Waals surface area (Å²) in [6.45, 7) is 2.73. The number of benzene rings is 1. The van der Waals surface area contributed by atoms with Gasteiger partial charge in [-0.25, -0.2) is 4.79 Å². The highest BCUT2D eigenvalue weighted by molar-refractivity contribution is 6.01. The van der Waals surface area contributed by atoms with Crippen molar-refractivity contribution >= 4 is 17.6 Å². The van der Waals surface area contributed by atoms with E-state index in [9.17, 15) is 14.7 Å². The van der Waals surface area contributed by atoms with E-state index >= 15 is 0 Å². The van der Waals surface area contributed by atoms with Gasteiger partial charge in [-0.2, -0.15) is 0 Å². The number of carboxylic acids is 1. The van der Waals surface area contributed by atoms with Crippen molar-refractivity contribution < 1.29 is 24.2 Å². The van der Waals surface area contributed by atoms with Crippen LogP contribution in [0.5, 0.6) is 0 Å². The van der Waals surface area contributed by atoms with Crippen molar-refractivity contribution in [2.45, 2.75) is 58.7 Å². The van der Waals surface area contributed by atoms with Crippen molar-refractivity contribution in [3.8, 4) is 0 Å². The Morgan fingerprint density at radius 3 is 2.72 bits per heavy atom. The molecule has 0 aromatic heterocycles. The smallest absolute Gasteiger partial charge is 0.341 e. The summed E-state index contributed by atoms with van der Waals surface area (Å²) in [4.78, 5) is 23.9. The first-order chi connectivity index (χ1) is 14.0. The second-order valence-electron chi connectivity index (χ2n) is 7.93. The van der Waals surface area contributed by atoms with Gasteiger partial charge in [-0.1, -0.05) is 31.4 Å². The minimum atomic E-state index is -0.950. The van der Waals surface area contributed by atoms with Crippen molar-refractivity contribution in [1.82, 2.24) is 0 Å². The number of rotatable bonds is 7. The van der Waals surface area contributed by atoms with Crippen LogP contribution in [0.4, 0.5) is 5.69 Å². The molecule has 0 spiro atoms. The van der Waals surface area contributed by atoms with Crippen LogP contribution in [0, 0.1) is 18.8 Å². The number of methoxy groups -OCH3 is 1. The first kappa shape index (κ1) is 21.4. The summed E-state index contributed by atoms with van der Waals surface area (Å²) in [5.74, 6) is -1.68. The van der Waals surface area contributed by atoms with Crippen molar-refractivity contribution in [3.05, 3.63) is 40.0 Å². The number of nitrogens with one attached hydrogen (secondary N) is 1. The van der Waals surface area contributed by atoms with Gasteiger partial charge in [0.05, 0.1) is 17.9 Å². The summed E-state index contributed by atoms with van der Waals surface area (Å²) in [6, 6.07) is 0. The highest BCUT2D eigenvalue weighted by Gasteiger charge is 2.31. The van der Waals surface area contributed by atoms with Gasteiger partial charge in [0.25, 0.3) is 0 Å². The molecule has 1 fully saturated rings. The van der Waals surface area contributed by atoms with Gasteiger partial charge in [-0.05, 0) is 48.8 Å². The number of ether oxygens (including phenoxy) is 2. The van der Waals surface area contributed by atoms with E-state index in [1.54, 1.807) is 14.2 Å². The number of allylic oxidation sites excluding steroid dienone is 2. The third-order valence-corrected chi connectivity index (χ3v) is 6.29. The summed E-state index contributed by atoms with van der Waals surface area (Å²) in [5.41, 5.74) is 5.38. The maximum absolute atomic E-state index is 12.3. The number of anilines is 1. The third-order valence-electron chi connectivity index (χ3n) is 6.29. The molecule has 3 rings (SSSR count). The van der Waals surface area contributed by atoms with Gasteiger partial charge in [0, 0.05) is 31.6 Å². The lowest BCUT2D eigenvalue weighted by molar-refractivity contribution is -0.313. The zero-order valence-electron chi connectivity index (χ0n) is 17.5. The number of fused-ring (bicyclic) bond motifs is 1. The van der Waals surface area contributed by atoms with E-state index in [4.69, 9.17) is 9.47 Å². The van der Waals surface area contributed by atoms with Crippen LogP contribution in [0.1, 0.15) is 64.7 Å². The minimum Gasteiger partial charge on any atom is -0.550 e. The van der Waals surface area contributed by atoms with Gasteiger partial charge >= 0.3 is 5.97 Å². The molecule has 1 aromatic carbocycles. The SMILES string of the molecule is CNc1c(C/C=C/C2CCCCCC2C(=O)[O-])c(COC)c(C)c2c1C(=O)OC2. The fraction of sp³-hybridized carbons (Fsp3) is 0.565. The molecule has 158 valence electrons. The van der Waals surface area contributed by atoms with E-state index in [-0.39, 0.29) is 18.5 Å². The fourth-order valence-electron chi connectivity index (χ4n) is 4.73. The van der Waals surface area contributed by atoms with E-state index in [2.05, 4.69) is 5.32 Å². The number of hydrogen-bond acceptors (Lipinski definition) is 6. The number of hydrogen-bond donors (Lipinski definition) is 1. The zero-order valence-corrected chi connectivity index (χ0v) is 17.5. The molecule has 1 N–H and O–H groups in total. The monoisotopic (exact) mass is 400 g/mol. The van der Waals surface area contributed by atoms with Gasteiger partial charge in [0.1, 0.15) is 6.61 Å².